The van der Waals surface area contributed by atoms with Crippen LogP contribution in [0.15, 0.2) is 35.4 Å². The average molecular weight is 314 g/mol. The molecule has 0 radical (unpaired) electrons. The molecule has 2 aliphatic carbocycles. The van der Waals surface area contributed by atoms with Crippen LogP contribution in [0, 0.1) is 11.8 Å². The number of methoxy groups -OCH3 is 2. The molecular weight excluding hydrogens is 292 g/mol. The van der Waals surface area contributed by atoms with Crippen LogP contribution in [-0.2, 0) is 19.0 Å². The van der Waals surface area contributed by atoms with Gasteiger partial charge in [-0.2, -0.15) is 0 Å². The first kappa shape index (κ1) is 14.9. The SMILES string of the molecule is COC(=O)C1=C2CCO[C@@H]2[C@H]2[C@@H](C)[C@H](OC)c3ccccc3[C@@H]12. The van der Waals surface area contributed by atoms with E-state index in [1.807, 2.05) is 12.1 Å². The van der Waals surface area contributed by atoms with Crippen molar-refractivity contribution in [3.8, 4) is 0 Å². The normalized spacial score (nSPS) is 34.8. The molecule has 4 rings (SSSR count). The molecule has 0 N–H and O–H groups in total. The molecule has 1 fully saturated rings. The summed E-state index contributed by atoms with van der Waals surface area (Å²) in [5.74, 6) is 0.364. The van der Waals surface area contributed by atoms with Gasteiger partial charge in [-0.25, -0.2) is 4.79 Å². The number of benzene rings is 1. The topological polar surface area (TPSA) is 44.8 Å². The van der Waals surface area contributed by atoms with E-state index in [2.05, 4.69) is 19.1 Å². The Hall–Kier alpha value is -1.65. The molecule has 3 aliphatic rings. The third kappa shape index (κ3) is 1.95. The first-order valence-electron chi connectivity index (χ1n) is 8.23. The maximum Gasteiger partial charge on any atom is 0.334 e. The number of esters is 1. The highest BCUT2D eigenvalue weighted by Gasteiger charge is 2.55. The minimum Gasteiger partial charge on any atom is -0.466 e. The molecule has 0 amide bonds. The fourth-order valence-electron chi connectivity index (χ4n) is 4.93. The van der Waals surface area contributed by atoms with Crippen LogP contribution in [0.5, 0.6) is 0 Å². The molecule has 1 aromatic rings. The van der Waals surface area contributed by atoms with Gasteiger partial charge >= 0.3 is 5.97 Å². The van der Waals surface area contributed by atoms with E-state index in [1.54, 1.807) is 7.11 Å². The molecular formula is C19H22O4. The first-order valence-corrected chi connectivity index (χ1v) is 8.23. The molecule has 0 saturated carbocycles. The summed E-state index contributed by atoms with van der Waals surface area (Å²) in [6, 6.07) is 8.31. The summed E-state index contributed by atoms with van der Waals surface area (Å²) in [7, 11) is 3.22. The number of carbonyl (C=O) groups is 1. The van der Waals surface area contributed by atoms with Crippen molar-refractivity contribution >= 4 is 5.97 Å². The molecule has 5 atom stereocenters. The number of carbonyl (C=O) groups excluding carboxylic acids is 1. The van der Waals surface area contributed by atoms with Gasteiger partial charge in [0.2, 0.25) is 0 Å². The Bertz CT molecular complexity index is 678. The molecule has 1 aromatic carbocycles. The zero-order valence-corrected chi connectivity index (χ0v) is 13.7. The number of hydrogen-bond donors (Lipinski definition) is 0. The number of fused-ring (bicyclic) bond motifs is 5. The zero-order chi connectivity index (χ0) is 16.1. The van der Waals surface area contributed by atoms with Gasteiger partial charge in [0, 0.05) is 24.5 Å². The summed E-state index contributed by atoms with van der Waals surface area (Å²) in [6.07, 6.45) is 0.888. The minimum absolute atomic E-state index is 0.0232. The quantitative estimate of drug-likeness (QED) is 0.787. The maximum atomic E-state index is 12.5. The largest absolute Gasteiger partial charge is 0.466 e. The summed E-state index contributed by atoms with van der Waals surface area (Å²) in [5.41, 5.74) is 4.35. The Morgan fingerprint density at radius 3 is 2.65 bits per heavy atom. The van der Waals surface area contributed by atoms with Gasteiger partial charge in [0.05, 0.1) is 25.9 Å². The number of rotatable bonds is 2. The minimum atomic E-state index is -0.208. The van der Waals surface area contributed by atoms with Gasteiger partial charge in [-0.3, -0.25) is 0 Å². The monoisotopic (exact) mass is 314 g/mol. The Labute approximate surface area is 136 Å². The van der Waals surface area contributed by atoms with Crippen LogP contribution in [0.2, 0.25) is 0 Å². The molecule has 0 bridgehead atoms. The Kier molecular flexibility index (Phi) is 3.54. The van der Waals surface area contributed by atoms with E-state index in [9.17, 15) is 4.79 Å². The van der Waals surface area contributed by atoms with Crippen molar-refractivity contribution in [2.75, 3.05) is 20.8 Å². The molecule has 0 unspecified atom stereocenters. The third-order valence-electron chi connectivity index (χ3n) is 5.79. The lowest BCUT2D eigenvalue weighted by Crippen LogP contribution is -2.37. The summed E-state index contributed by atoms with van der Waals surface area (Å²) in [5, 5.41) is 0. The fourth-order valence-corrected chi connectivity index (χ4v) is 4.93. The predicted molar refractivity (Wildman–Crippen MR) is 85.0 cm³/mol. The summed E-state index contributed by atoms with van der Waals surface area (Å²) >= 11 is 0. The average Bonchev–Trinajstić information content (AvgIpc) is 3.14. The Morgan fingerprint density at radius 1 is 1.22 bits per heavy atom. The highest BCUT2D eigenvalue weighted by atomic mass is 16.5. The summed E-state index contributed by atoms with van der Waals surface area (Å²) in [6.45, 7) is 2.90. The molecule has 4 heteroatoms. The molecule has 122 valence electrons. The zero-order valence-electron chi connectivity index (χ0n) is 13.7. The predicted octanol–water partition coefficient (Wildman–Crippen LogP) is 3.00. The van der Waals surface area contributed by atoms with Gasteiger partial charge in [0.15, 0.2) is 0 Å². The first-order chi connectivity index (χ1) is 11.2. The van der Waals surface area contributed by atoms with Gasteiger partial charge in [-0.1, -0.05) is 31.2 Å². The van der Waals surface area contributed by atoms with Crippen molar-refractivity contribution in [3.63, 3.8) is 0 Å². The molecule has 4 nitrogen and oxygen atoms in total. The van der Waals surface area contributed by atoms with E-state index in [1.165, 1.54) is 18.2 Å². The van der Waals surface area contributed by atoms with Crippen LogP contribution in [0.25, 0.3) is 0 Å². The molecule has 1 heterocycles. The van der Waals surface area contributed by atoms with Gasteiger partial charge < -0.3 is 14.2 Å². The standard InChI is InChI=1S/C19H22O4/c1-10-14-15(11-6-4-5-7-12(11)17(10)21-2)16(19(20)22-3)13-8-9-23-18(13)14/h4-7,10,14-15,17-18H,8-9H2,1-3H3/t10-,14+,15-,17+,18+/m1/s1. The van der Waals surface area contributed by atoms with Crippen LogP contribution < -0.4 is 0 Å². The van der Waals surface area contributed by atoms with E-state index < -0.39 is 0 Å². The van der Waals surface area contributed by atoms with Crippen LogP contribution in [0.4, 0.5) is 0 Å². The molecule has 0 aromatic heterocycles. The number of hydrogen-bond acceptors (Lipinski definition) is 4. The van der Waals surface area contributed by atoms with E-state index in [-0.39, 0.29) is 35.9 Å². The van der Waals surface area contributed by atoms with Crippen molar-refractivity contribution in [3.05, 3.63) is 46.5 Å². The maximum absolute atomic E-state index is 12.5. The van der Waals surface area contributed by atoms with Crippen LogP contribution in [0.3, 0.4) is 0 Å². The van der Waals surface area contributed by atoms with Crippen LogP contribution in [0.1, 0.15) is 36.5 Å². The van der Waals surface area contributed by atoms with Crippen molar-refractivity contribution in [2.24, 2.45) is 11.8 Å². The van der Waals surface area contributed by atoms with Gasteiger partial charge in [0.25, 0.3) is 0 Å². The number of ether oxygens (including phenoxy) is 3. The molecule has 0 spiro atoms. The van der Waals surface area contributed by atoms with Crippen molar-refractivity contribution in [2.45, 2.75) is 31.5 Å². The second-order valence-electron chi connectivity index (χ2n) is 6.67. The van der Waals surface area contributed by atoms with Crippen molar-refractivity contribution in [1.29, 1.82) is 0 Å². The molecule has 1 aliphatic heterocycles. The smallest absolute Gasteiger partial charge is 0.334 e. The van der Waals surface area contributed by atoms with Gasteiger partial charge in [-0.15, -0.1) is 0 Å². The van der Waals surface area contributed by atoms with Crippen molar-refractivity contribution < 1.29 is 19.0 Å². The van der Waals surface area contributed by atoms with Gasteiger partial charge in [0.1, 0.15) is 0 Å². The Morgan fingerprint density at radius 2 is 1.96 bits per heavy atom. The second kappa shape index (κ2) is 5.46. The highest BCUT2D eigenvalue weighted by molar-refractivity contribution is 5.93. The lowest BCUT2D eigenvalue weighted by atomic mass is 9.67. The lowest BCUT2D eigenvalue weighted by Gasteiger charge is -2.41. The highest BCUT2D eigenvalue weighted by Crippen LogP contribution is 2.58. The fraction of sp³-hybridized carbons (Fsp3) is 0.526. The van der Waals surface area contributed by atoms with E-state index in [4.69, 9.17) is 14.2 Å². The van der Waals surface area contributed by atoms with Crippen molar-refractivity contribution in [1.82, 2.24) is 0 Å². The Balaban J connectivity index is 1.92. The van der Waals surface area contributed by atoms with Crippen LogP contribution >= 0.6 is 0 Å². The van der Waals surface area contributed by atoms with E-state index in [0.29, 0.717) is 6.61 Å². The van der Waals surface area contributed by atoms with E-state index >= 15 is 0 Å². The summed E-state index contributed by atoms with van der Waals surface area (Å²) in [4.78, 5) is 12.5. The lowest BCUT2D eigenvalue weighted by molar-refractivity contribution is -0.136. The van der Waals surface area contributed by atoms with Crippen LogP contribution in [-0.4, -0.2) is 32.9 Å². The van der Waals surface area contributed by atoms with E-state index in [0.717, 1.165) is 17.6 Å². The summed E-state index contributed by atoms with van der Waals surface area (Å²) < 4.78 is 17.0. The second-order valence-corrected chi connectivity index (χ2v) is 6.67. The third-order valence-corrected chi connectivity index (χ3v) is 5.79. The van der Waals surface area contributed by atoms with Gasteiger partial charge in [-0.05, 0) is 29.0 Å². The molecule has 1 saturated heterocycles. The molecule has 23 heavy (non-hydrogen) atoms.